The summed E-state index contributed by atoms with van der Waals surface area (Å²) < 4.78 is 79.3. The van der Waals surface area contributed by atoms with Gasteiger partial charge in [0.05, 0.1) is 34.4 Å². The summed E-state index contributed by atoms with van der Waals surface area (Å²) in [6.45, 7) is 2.82. The molecule has 0 aliphatic carbocycles. The van der Waals surface area contributed by atoms with Crippen LogP contribution in [0.1, 0.15) is 140 Å². The van der Waals surface area contributed by atoms with E-state index in [1.807, 2.05) is 21.1 Å². The molecule has 0 bridgehead atoms. The molecule has 0 fully saturated rings. The summed E-state index contributed by atoms with van der Waals surface area (Å²) in [5, 5.41) is 6.44. The molecule has 1 heterocycles. The van der Waals surface area contributed by atoms with Crippen LogP contribution in [0.25, 0.3) is 0 Å². The number of carbonyl (C=O) groups is 2. The number of quaternary nitrogens is 1. The lowest BCUT2D eigenvalue weighted by Gasteiger charge is -2.24. The molecule has 0 spiro atoms. The van der Waals surface area contributed by atoms with Crippen molar-refractivity contribution in [3.63, 3.8) is 0 Å². The van der Waals surface area contributed by atoms with Crippen LogP contribution in [-0.4, -0.2) is 94.3 Å². The number of hydrogen-bond donors (Lipinski definition) is 1. The van der Waals surface area contributed by atoms with Gasteiger partial charge in [-0.2, -0.15) is 13.2 Å². The number of likely N-dealkylation sites (N-methyl/N-ethyl adjacent to an activating group) is 1. The SMILES string of the molecule is CCCCCCCCCCCCCCCC(=O)OCC(COP(=O)(O)OCC[N+](C)(C)C)OC(=O)CCCCCCOCCc1ccc(C2(C(F)(F)F)N=N2)cc1. The fraction of sp³-hybridized carbons (Fsp3) is 0.805. The van der Waals surface area contributed by atoms with Gasteiger partial charge in [-0.25, -0.2) is 4.57 Å². The molecule has 328 valence electrons. The number of alkyl halides is 3. The van der Waals surface area contributed by atoms with Gasteiger partial charge in [-0.05, 0) is 31.2 Å². The van der Waals surface area contributed by atoms with Gasteiger partial charge in [-0.3, -0.25) is 18.6 Å². The van der Waals surface area contributed by atoms with Gasteiger partial charge in [0.1, 0.15) is 19.8 Å². The first kappa shape index (κ1) is 50.7. The van der Waals surface area contributed by atoms with Crippen LogP contribution < -0.4 is 0 Å². The number of phosphoric ester groups is 1. The Kier molecular flexibility index (Phi) is 24.3. The lowest BCUT2D eigenvalue weighted by molar-refractivity contribution is -0.870. The predicted octanol–water partition coefficient (Wildman–Crippen LogP) is 10.2. The van der Waals surface area contributed by atoms with E-state index in [1.54, 1.807) is 12.1 Å². The van der Waals surface area contributed by atoms with E-state index in [0.29, 0.717) is 43.5 Å². The molecule has 1 aromatic carbocycles. The van der Waals surface area contributed by atoms with Crippen molar-refractivity contribution < 1.29 is 60.0 Å². The van der Waals surface area contributed by atoms with Crippen LogP contribution in [0.15, 0.2) is 34.5 Å². The molecule has 0 saturated carbocycles. The molecule has 16 heteroatoms. The Morgan fingerprint density at radius 1 is 0.737 bits per heavy atom. The van der Waals surface area contributed by atoms with Crippen molar-refractivity contribution in [1.82, 2.24) is 0 Å². The Bertz CT molecular complexity index is 1340. The third-order valence-corrected chi connectivity index (χ3v) is 10.6. The van der Waals surface area contributed by atoms with Gasteiger partial charge in [0.25, 0.3) is 0 Å². The van der Waals surface area contributed by atoms with E-state index in [9.17, 15) is 32.2 Å². The molecule has 2 atom stereocenters. The fourth-order valence-corrected chi connectivity index (χ4v) is 6.76. The molecular weight excluding hydrogens is 766 g/mol. The lowest BCUT2D eigenvalue weighted by Crippen LogP contribution is -2.37. The molecular formula is C41H70F3N3O9P+. The summed E-state index contributed by atoms with van der Waals surface area (Å²) in [4.78, 5) is 35.3. The maximum atomic E-state index is 13.2. The summed E-state index contributed by atoms with van der Waals surface area (Å²) in [6.07, 6.45) is 13.6. The second kappa shape index (κ2) is 27.4. The molecule has 1 aromatic rings. The Hall–Kier alpha value is -2.42. The normalized spacial score (nSPS) is 15.3. The molecule has 2 unspecified atom stereocenters. The summed E-state index contributed by atoms with van der Waals surface area (Å²) in [5.74, 6) is -0.965. The second-order valence-corrected chi connectivity index (χ2v) is 17.4. The van der Waals surface area contributed by atoms with Crippen LogP contribution in [0.4, 0.5) is 13.2 Å². The molecule has 1 aliphatic heterocycles. The lowest BCUT2D eigenvalue weighted by atomic mass is 10.0. The molecule has 57 heavy (non-hydrogen) atoms. The van der Waals surface area contributed by atoms with Gasteiger partial charge in [-0.15, -0.1) is 10.2 Å². The van der Waals surface area contributed by atoms with E-state index < -0.39 is 44.3 Å². The second-order valence-electron chi connectivity index (χ2n) is 16.0. The van der Waals surface area contributed by atoms with Gasteiger partial charge < -0.3 is 23.6 Å². The highest BCUT2D eigenvalue weighted by atomic mass is 31.2. The fourth-order valence-electron chi connectivity index (χ4n) is 6.02. The zero-order chi connectivity index (χ0) is 42.0. The average molecular weight is 837 g/mol. The van der Waals surface area contributed by atoms with Gasteiger partial charge in [0, 0.05) is 25.0 Å². The van der Waals surface area contributed by atoms with Gasteiger partial charge in [-0.1, -0.05) is 121 Å². The number of rotatable bonds is 35. The smallest absolute Gasteiger partial charge is 0.462 e. The average Bonchev–Trinajstić information content (AvgIpc) is 3.97. The van der Waals surface area contributed by atoms with Gasteiger partial charge in [0.15, 0.2) is 6.10 Å². The summed E-state index contributed by atoms with van der Waals surface area (Å²) >= 11 is 0. The monoisotopic (exact) mass is 836 g/mol. The highest BCUT2D eigenvalue weighted by molar-refractivity contribution is 7.47. The van der Waals surface area contributed by atoms with Crippen LogP contribution in [-0.2, 0) is 49.5 Å². The molecule has 1 aliphatic rings. The van der Waals surface area contributed by atoms with Gasteiger partial charge >= 0.3 is 31.6 Å². The first-order chi connectivity index (χ1) is 27.1. The zero-order valence-corrected chi connectivity index (χ0v) is 35.8. The Balaban J connectivity index is 1.63. The van der Waals surface area contributed by atoms with E-state index in [2.05, 4.69) is 17.2 Å². The van der Waals surface area contributed by atoms with Crippen molar-refractivity contribution in [2.45, 2.75) is 153 Å². The highest BCUT2D eigenvalue weighted by Crippen LogP contribution is 2.52. The van der Waals surface area contributed by atoms with Crippen molar-refractivity contribution in [3.8, 4) is 0 Å². The molecule has 0 radical (unpaired) electrons. The van der Waals surface area contributed by atoms with Crippen molar-refractivity contribution in [3.05, 3.63) is 35.4 Å². The molecule has 12 nitrogen and oxygen atoms in total. The minimum atomic E-state index is -4.55. The van der Waals surface area contributed by atoms with E-state index in [-0.39, 0.29) is 31.6 Å². The van der Waals surface area contributed by atoms with Crippen LogP contribution in [0, 0.1) is 0 Å². The maximum Gasteiger partial charge on any atom is 0.472 e. The van der Waals surface area contributed by atoms with Crippen LogP contribution in [0.5, 0.6) is 0 Å². The summed E-state index contributed by atoms with van der Waals surface area (Å²) in [6, 6.07) is 6.04. The largest absolute Gasteiger partial charge is 0.472 e. The number of halogens is 3. The third kappa shape index (κ3) is 23.7. The number of nitrogens with zero attached hydrogens (tertiary/aromatic N) is 3. The van der Waals surface area contributed by atoms with E-state index in [1.165, 1.54) is 69.9 Å². The minimum Gasteiger partial charge on any atom is -0.462 e. The van der Waals surface area contributed by atoms with Crippen LogP contribution in [0.3, 0.4) is 0 Å². The van der Waals surface area contributed by atoms with Crippen LogP contribution in [0.2, 0.25) is 0 Å². The molecule has 0 amide bonds. The molecule has 1 N–H and O–H groups in total. The molecule has 0 aromatic heterocycles. The Morgan fingerprint density at radius 2 is 1.26 bits per heavy atom. The van der Waals surface area contributed by atoms with Crippen molar-refractivity contribution in [1.29, 1.82) is 0 Å². The number of hydrogen-bond acceptors (Lipinski definition) is 10. The Morgan fingerprint density at radius 3 is 1.79 bits per heavy atom. The maximum absolute atomic E-state index is 13.2. The van der Waals surface area contributed by atoms with Crippen molar-refractivity contribution >= 4 is 19.8 Å². The number of phosphoric acid groups is 1. The number of carbonyl (C=O) groups excluding carboxylic acids is 2. The van der Waals surface area contributed by atoms with Gasteiger partial charge in [0.2, 0.25) is 0 Å². The van der Waals surface area contributed by atoms with E-state index in [0.717, 1.165) is 44.1 Å². The highest BCUT2D eigenvalue weighted by Gasteiger charge is 2.65. The topological polar surface area (TPSA) is 142 Å². The first-order valence-electron chi connectivity index (χ1n) is 21.0. The quantitative estimate of drug-likeness (QED) is 0.0306. The Labute approximate surface area is 338 Å². The number of benzene rings is 1. The zero-order valence-electron chi connectivity index (χ0n) is 34.9. The van der Waals surface area contributed by atoms with Crippen molar-refractivity contribution in [2.24, 2.45) is 10.2 Å². The van der Waals surface area contributed by atoms with Crippen molar-refractivity contribution in [2.75, 3.05) is 60.7 Å². The molecule has 0 saturated heterocycles. The first-order valence-corrected chi connectivity index (χ1v) is 22.5. The number of ether oxygens (including phenoxy) is 3. The predicted molar refractivity (Wildman–Crippen MR) is 212 cm³/mol. The molecule has 2 rings (SSSR count). The summed E-state index contributed by atoms with van der Waals surface area (Å²) in [5.41, 5.74) is -1.57. The number of unbranched alkanes of at least 4 members (excludes halogenated alkanes) is 15. The number of esters is 2. The minimum absolute atomic E-state index is 0.00150. The van der Waals surface area contributed by atoms with E-state index in [4.69, 9.17) is 23.3 Å². The van der Waals surface area contributed by atoms with E-state index >= 15 is 0 Å². The third-order valence-electron chi connectivity index (χ3n) is 9.66. The standard InChI is InChI=1S/C41H69F3N3O9P/c1-5-6-7-8-9-10-11-12-13-14-15-16-19-22-38(48)53-33-37(34-55-57(50,51)54-32-29-47(2,3)4)56-39(49)23-20-17-18-21-30-52-31-28-35-24-26-36(27-25-35)40(45-46-40)41(42,43)44/h24-27,37H,5-23,28-34H2,1-4H3/p+1. The van der Waals surface area contributed by atoms with Crippen LogP contribution >= 0.6 is 7.82 Å². The summed E-state index contributed by atoms with van der Waals surface area (Å²) in [7, 11) is 1.31.